The summed E-state index contributed by atoms with van der Waals surface area (Å²) in [6, 6.07) is 0. The smallest absolute Gasteiger partial charge is 0.328 e. The van der Waals surface area contributed by atoms with Crippen molar-refractivity contribution in [1.82, 2.24) is 4.90 Å². The first-order valence-corrected chi connectivity index (χ1v) is 7.88. The van der Waals surface area contributed by atoms with Gasteiger partial charge in [0.15, 0.2) is 0 Å². The summed E-state index contributed by atoms with van der Waals surface area (Å²) in [6.45, 7) is 6.78. The van der Waals surface area contributed by atoms with E-state index in [1.54, 1.807) is 18.7 Å². The van der Waals surface area contributed by atoms with E-state index in [0.717, 1.165) is 6.42 Å². The average molecular weight is 263 g/mol. The van der Waals surface area contributed by atoms with Crippen molar-refractivity contribution in [3.63, 3.8) is 0 Å². The molecule has 17 heavy (non-hydrogen) atoms. The van der Waals surface area contributed by atoms with Crippen LogP contribution in [0.15, 0.2) is 0 Å². The van der Waals surface area contributed by atoms with Gasteiger partial charge in [0.2, 0.25) is 5.91 Å². The Morgan fingerprint density at radius 3 is 2.24 bits per heavy atom. The van der Waals surface area contributed by atoms with E-state index in [4.69, 9.17) is 9.05 Å². The summed E-state index contributed by atoms with van der Waals surface area (Å²) in [5.41, 5.74) is 0. The summed E-state index contributed by atoms with van der Waals surface area (Å²) in [6.07, 6.45) is 1.95. The Labute approximate surface area is 103 Å². The molecule has 0 aromatic heterocycles. The monoisotopic (exact) mass is 263 g/mol. The highest BCUT2D eigenvalue weighted by atomic mass is 31.2. The highest BCUT2D eigenvalue weighted by Crippen LogP contribution is 2.55. The number of carbonyl (C=O) groups excluding carboxylic acids is 1. The standard InChI is InChI=1S/C11H22NO4P/c1-4-11(12-9-7-8-10(12)13)17(14,15-5-2)16-6-3/h11H,4-9H2,1-3H3. The van der Waals surface area contributed by atoms with Crippen LogP contribution in [0.2, 0.25) is 0 Å². The van der Waals surface area contributed by atoms with Crippen molar-refractivity contribution in [2.24, 2.45) is 0 Å². The van der Waals surface area contributed by atoms with Gasteiger partial charge in [0.25, 0.3) is 0 Å². The minimum absolute atomic E-state index is 0.0523. The molecule has 1 rings (SSSR count). The molecule has 1 fully saturated rings. The third kappa shape index (κ3) is 3.30. The molecule has 100 valence electrons. The van der Waals surface area contributed by atoms with Crippen molar-refractivity contribution in [2.75, 3.05) is 19.8 Å². The fourth-order valence-corrected chi connectivity index (χ4v) is 4.34. The summed E-state index contributed by atoms with van der Waals surface area (Å²) in [7, 11) is -3.21. The quantitative estimate of drug-likeness (QED) is 0.662. The number of likely N-dealkylation sites (tertiary alicyclic amines) is 1. The SMILES string of the molecule is CCOP(=O)(OCC)C(CC)N1CCCC1=O. The van der Waals surface area contributed by atoms with Crippen LogP contribution in [0.25, 0.3) is 0 Å². The van der Waals surface area contributed by atoms with Crippen molar-refractivity contribution >= 4 is 13.5 Å². The van der Waals surface area contributed by atoms with E-state index in [1.165, 1.54) is 0 Å². The van der Waals surface area contributed by atoms with Gasteiger partial charge in [-0.15, -0.1) is 0 Å². The van der Waals surface area contributed by atoms with E-state index in [0.29, 0.717) is 32.6 Å². The van der Waals surface area contributed by atoms with Gasteiger partial charge in [0, 0.05) is 13.0 Å². The zero-order chi connectivity index (χ0) is 12.9. The van der Waals surface area contributed by atoms with Gasteiger partial charge in [-0.3, -0.25) is 9.36 Å². The predicted octanol–water partition coefficient (Wildman–Crippen LogP) is 2.61. The molecule has 5 nitrogen and oxygen atoms in total. The van der Waals surface area contributed by atoms with Gasteiger partial charge in [0.05, 0.1) is 13.2 Å². The Kier molecular flexibility index (Phi) is 5.63. The molecule has 0 N–H and O–H groups in total. The molecule has 0 saturated carbocycles. The molecule has 6 heteroatoms. The first kappa shape index (κ1) is 14.7. The molecule has 0 aromatic rings. The molecule has 0 spiro atoms. The van der Waals surface area contributed by atoms with Crippen molar-refractivity contribution in [3.8, 4) is 0 Å². The van der Waals surface area contributed by atoms with E-state index in [9.17, 15) is 9.36 Å². The molecule has 0 aliphatic carbocycles. The normalized spacial score (nSPS) is 18.8. The van der Waals surface area contributed by atoms with Gasteiger partial charge >= 0.3 is 7.60 Å². The van der Waals surface area contributed by atoms with Crippen LogP contribution in [-0.4, -0.2) is 36.3 Å². The summed E-state index contributed by atoms with van der Waals surface area (Å²) in [5.74, 6) is -0.381. The lowest BCUT2D eigenvalue weighted by Crippen LogP contribution is -2.36. The highest BCUT2D eigenvalue weighted by molar-refractivity contribution is 7.54. The summed E-state index contributed by atoms with van der Waals surface area (Å²) in [5, 5.41) is 0. The van der Waals surface area contributed by atoms with Crippen LogP contribution in [0.4, 0.5) is 0 Å². The van der Waals surface area contributed by atoms with Gasteiger partial charge in [-0.25, -0.2) is 0 Å². The largest absolute Gasteiger partial charge is 0.352 e. The molecular formula is C11H22NO4P. The average Bonchev–Trinajstić information content (AvgIpc) is 2.66. The fraction of sp³-hybridized carbons (Fsp3) is 0.909. The molecule has 0 aromatic carbocycles. The summed E-state index contributed by atoms with van der Waals surface area (Å²) >= 11 is 0. The number of rotatable bonds is 7. The molecule has 1 aliphatic heterocycles. The van der Waals surface area contributed by atoms with Crippen LogP contribution in [-0.2, 0) is 18.4 Å². The van der Waals surface area contributed by atoms with Crippen LogP contribution < -0.4 is 0 Å². The third-order valence-electron chi connectivity index (χ3n) is 2.82. The van der Waals surface area contributed by atoms with E-state index in [1.807, 2.05) is 6.92 Å². The molecule has 1 atom stereocenters. The predicted molar refractivity (Wildman–Crippen MR) is 65.9 cm³/mol. The van der Waals surface area contributed by atoms with Crippen LogP contribution in [0, 0.1) is 0 Å². The Morgan fingerprint density at radius 1 is 1.29 bits per heavy atom. The summed E-state index contributed by atoms with van der Waals surface area (Å²) in [4.78, 5) is 13.4. The second kappa shape index (κ2) is 6.53. The van der Waals surface area contributed by atoms with Crippen molar-refractivity contribution in [3.05, 3.63) is 0 Å². The van der Waals surface area contributed by atoms with E-state index < -0.39 is 13.4 Å². The first-order valence-electron chi connectivity index (χ1n) is 6.27. The molecule has 1 heterocycles. The number of carbonyl (C=O) groups is 1. The zero-order valence-electron chi connectivity index (χ0n) is 10.8. The molecule has 0 bridgehead atoms. The highest BCUT2D eigenvalue weighted by Gasteiger charge is 2.41. The van der Waals surface area contributed by atoms with Crippen LogP contribution in [0.5, 0.6) is 0 Å². The Hall–Kier alpha value is -0.380. The number of hydrogen-bond acceptors (Lipinski definition) is 4. The van der Waals surface area contributed by atoms with E-state index in [-0.39, 0.29) is 5.91 Å². The minimum atomic E-state index is -3.21. The molecule has 1 aliphatic rings. The van der Waals surface area contributed by atoms with Crippen LogP contribution in [0.3, 0.4) is 0 Å². The first-order chi connectivity index (χ1) is 8.09. The van der Waals surface area contributed by atoms with Gasteiger partial charge in [0.1, 0.15) is 5.78 Å². The zero-order valence-corrected chi connectivity index (χ0v) is 11.7. The van der Waals surface area contributed by atoms with Gasteiger partial charge in [-0.2, -0.15) is 0 Å². The van der Waals surface area contributed by atoms with Gasteiger partial charge in [-0.1, -0.05) is 6.92 Å². The Morgan fingerprint density at radius 2 is 1.88 bits per heavy atom. The summed E-state index contributed by atoms with van der Waals surface area (Å²) < 4.78 is 23.3. The molecule has 1 saturated heterocycles. The van der Waals surface area contributed by atoms with Crippen LogP contribution >= 0.6 is 7.60 Å². The molecule has 1 unspecified atom stereocenters. The van der Waals surface area contributed by atoms with E-state index >= 15 is 0 Å². The molecular weight excluding hydrogens is 241 g/mol. The Balaban J connectivity index is 2.88. The van der Waals surface area contributed by atoms with Crippen molar-refractivity contribution < 1.29 is 18.4 Å². The maximum atomic E-state index is 12.6. The number of amides is 1. The van der Waals surface area contributed by atoms with Crippen molar-refractivity contribution in [1.29, 1.82) is 0 Å². The second-order valence-electron chi connectivity index (χ2n) is 3.95. The van der Waals surface area contributed by atoms with Crippen LogP contribution in [0.1, 0.15) is 40.0 Å². The lowest BCUT2D eigenvalue weighted by molar-refractivity contribution is -0.128. The van der Waals surface area contributed by atoms with E-state index in [2.05, 4.69) is 0 Å². The fourth-order valence-electron chi connectivity index (χ4n) is 2.17. The topological polar surface area (TPSA) is 55.8 Å². The lowest BCUT2D eigenvalue weighted by Gasteiger charge is -2.32. The molecule has 0 radical (unpaired) electrons. The second-order valence-corrected chi connectivity index (χ2v) is 6.15. The number of hydrogen-bond donors (Lipinski definition) is 0. The minimum Gasteiger partial charge on any atom is -0.328 e. The van der Waals surface area contributed by atoms with Gasteiger partial charge < -0.3 is 13.9 Å². The number of nitrogens with zero attached hydrogens (tertiary/aromatic N) is 1. The maximum Gasteiger partial charge on any atom is 0.352 e. The van der Waals surface area contributed by atoms with Crippen molar-refractivity contribution in [2.45, 2.75) is 45.8 Å². The maximum absolute atomic E-state index is 12.6. The molecule has 1 amide bonds. The van der Waals surface area contributed by atoms with Gasteiger partial charge in [-0.05, 0) is 26.7 Å². The Bertz CT molecular complexity index is 298. The lowest BCUT2D eigenvalue weighted by atomic mass is 10.4. The third-order valence-corrected chi connectivity index (χ3v) is 5.43.